The monoisotopic (exact) mass is 264 g/mol. The third kappa shape index (κ3) is 3.28. The van der Waals surface area contributed by atoms with Gasteiger partial charge in [-0.25, -0.2) is 0 Å². The molecule has 1 heterocycles. The lowest BCUT2D eigenvalue weighted by Gasteiger charge is -2.36. The Hall–Kier alpha value is -0.510. The van der Waals surface area contributed by atoms with Crippen molar-refractivity contribution in [2.45, 2.75) is 31.8 Å². The molecule has 0 radical (unpaired) electrons. The summed E-state index contributed by atoms with van der Waals surface area (Å²) in [5.41, 5.74) is 9.18. The molecule has 2 atom stereocenters. The molecule has 0 bridgehead atoms. The van der Waals surface area contributed by atoms with E-state index < -0.39 is 0 Å². The van der Waals surface area contributed by atoms with E-state index in [2.05, 4.69) is 43.1 Å². The van der Waals surface area contributed by atoms with Crippen molar-refractivity contribution in [1.82, 2.24) is 4.90 Å². The summed E-state index contributed by atoms with van der Waals surface area (Å²) in [4.78, 5) is 2.41. The average Bonchev–Trinajstić information content (AvgIpc) is 2.39. The Morgan fingerprint density at radius 2 is 2.33 bits per heavy atom. The summed E-state index contributed by atoms with van der Waals surface area (Å²) in [7, 11) is 2.19. The highest BCUT2D eigenvalue weighted by molar-refractivity contribution is 7.99. The van der Waals surface area contributed by atoms with Crippen molar-refractivity contribution < 1.29 is 0 Å². The largest absolute Gasteiger partial charge is 0.323 e. The summed E-state index contributed by atoms with van der Waals surface area (Å²) < 4.78 is 0. The molecule has 0 aliphatic carbocycles. The van der Waals surface area contributed by atoms with Gasteiger partial charge >= 0.3 is 0 Å². The van der Waals surface area contributed by atoms with Crippen LogP contribution in [0.25, 0.3) is 0 Å². The van der Waals surface area contributed by atoms with E-state index in [4.69, 9.17) is 5.73 Å². The molecule has 0 amide bonds. The number of hydrogen-bond donors (Lipinski definition) is 1. The van der Waals surface area contributed by atoms with Crippen molar-refractivity contribution >= 4 is 11.8 Å². The SMILES string of the molecule is CCCc1cccc(C(N)C2CSCCN2C)c1. The van der Waals surface area contributed by atoms with E-state index in [-0.39, 0.29) is 6.04 Å². The van der Waals surface area contributed by atoms with Gasteiger partial charge in [-0.3, -0.25) is 4.90 Å². The van der Waals surface area contributed by atoms with Crippen LogP contribution >= 0.6 is 11.8 Å². The van der Waals surface area contributed by atoms with Crippen LogP contribution in [-0.4, -0.2) is 36.0 Å². The zero-order chi connectivity index (χ0) is 13.0. The van der Waals surface area contributed by atoms with E-state index >= 15 is 0 Å². The smallest absolute Gasteiger partial charge is 0.0461 e. The summed E-state index contributed by atoms with van der Waals surface area (Å²) in [5.74, 6) is 2.38. The topological polar surface area (TPSA) is 29.3 Å². The summed E-state index contributed by atoms with van der Waals surface area (Å²) >= 11 is 2.02. The molecule has 2 unspecified atom stereocenters. The van der Waals surface area contributed by atoms with Gasteiger partial charge in [0.1, 0.15) is 0 Å². The molecule has 0 aromatic heterocycles. The molecule has 2 rings (SSSR count). The minimum atomic E-state index is 0.139. The second kappa shape index (κ2) is 6.60. The van der Waals surface area contributed by atoms with Crippen LogP contribution in [0.4, 0.5) is 0 Å². The third-order valence-corrected chi connectivity index (χ3v) is 4.78. The summed E-state index contributed by atoms with van der Waals surface area (Å²) in [6, 6.07) is 9.44. The van der Waals surface area contributed by atoms with Crippen molar-refractivity contribution in [3.8, 4) is 0 Å². The Bertz CT molecular complexity index is 381. The molecule has 3 heteroatoms. The highest BCUT2D eigenvalue weighted by Gasteiger charge is 2.26. The molecule has 18 heavy (non-hydrogen) atoms. The number of aryl methyl sites for hydroxylation is 1. The standard InChI is InChI=1S/C15H24N2S/c1-3-5-12-6-4-7-13(10-12)15(16)14-11-18-9-8-17(14)2/h4,6-7,10,14-15H,3,5,8-9,11,16H2,1-2H3. The van der Waals surface area contributed by atoms with Gasteiger partial charge in [0.2, 0.25) is 0 Å². The van der Waals surface area contributed by atoms with Crippen LogP contribution in [0, 0.1) is 0 Å². The average molecular weight is 264 g/mol. The highest BCUT2D eigenvalue weighted by atomic mass is 32.2. The van der Waals surface area contributed by atoms with Crippen molar-refractivity contribution in [3.05, 3.63) is 35.4 Å². The minimum absolute atomic E-state index is 0.139. The first-order valence-corrected chi connectivity index (χ1v) is 8.00. The number of nitrogens with zero attached hydrogens (tertiary/aromatic N) is 1. The van der Waals surface area contributed by atoms with Crippen LogP contribution in [0.2, 0.25) is 0 Å². The number of nitrogens with two attached hydrogens (primary N) is 1. The fourth-order valence-corrected chi connectivity index (χ4v) is 3.84. The van der Waals surface area contributed by atoms with Crippen LogP contribution < -0.4 is 5.73 Å². The van der Waals surface area contributed by atoms with E-state index in [0.717, 1.165) is 18.7 Å². The number of rotatable bonds is 4. The zero-order valence-electron chi connectivity index (χ0n) is 11.4. The molecule has 0 saturated carbocycles. The van der Waals surface area contributed by atoms with Gasteiger partial charge in [0, 0.05) is 30.1 Å². The van der Waals surface area contributed by atoms with Gasteiger partial charge in [0.25, 0.3) is 0 Å². The molecule has 2 N–H and O–H groups in total. The quantitative estimate of drug-likeness (QED) is 0.906. The molecular weight excluding hydrogens is 240 g/mol. The lowest BCUT2D eigenvalue weighted by molar-refractivity contribution is 0.237. The van der Waals surface area contributed by atoms with E-state index in [1.807, 2.05) is 11.8 Å². The van der Waals surface area contributed by atoms with Gasteiger partial charge in [0.15, 0.2) is 0 Å². The van der Waals surface area contributed by atoms with E-state index in [9.17, 15) is 0 Å². The molecule has 1 aromatic rings. The van der Waals surface area contributed by atoms with Gasteiger partial charge in [0.05, 0.1) is 0 Å². The third-order valence-electron chi connectivity index (χ3n) is 3.73. The van der Waals surface area contributed by atoms with Gasteiger partial charge < -0.3 is 5.73 Å². The Morgan fingerprint density at radius 3 is 3.06 bits per heavy atom. The first kappa shape index (κ1) is 13.9. The molecule has 1 aliphatic heterocycles. The second-order valence-corrected chi connectivity index (χ2v) is 6.29. The molecule has 1 fully saturated rings. The highest BCUT2D eigenvalue weighted by Crippen LogP contribution is 2.25. The molecule has 100 valence electrons. The maximum Gasteiger partial charge on any atom is 0.0461 e. The Labute approximate surface area is 115 Å². The van der Waals surface area contributed by atoms with Gasteiger partial charge in [-0.1, -0.05) is 37.6 Å². The summed E-state index contributed by atoms with van der Waals surface area (Å²) in [6.07, 6.45) is 2.34. The first-order chi connectivity index (χ1) is 8.72. The van der Waals surface area contributed by atoms with Gasteiger partial charge in [-0.15, -0.1) is 0 Å². The lowest BCUT2D eigenvalue weighted by Crippen LogP contribution is -2.46. The normalized spacial score (nSPS) is 22.9. The number of likely N-dealkylation sites (N-methyl/N-ethyl adjacent to an activating group) is 1. The second-order valence-electron chi connectivity index (χ2n) is 5.14. The number of thioether (sulfide) groups is 1. The predicted octanol–water partition coefficient (Wildman–Crippen LogP) is 2.69. The van der Waals surface area contributed by atoms with E-state index in [0.29, 0.717) is 6.04 Å². The number of hydrogen-bond acceptors (Lipinski definition) is 3. The Balaban J connectivity index is 2.11. The molecule has 1 saturated heterocycles. The van der Waals surface area contributed by atoms with Crippen molar-refractivity contribution in [2.75, 3.05) is 25.1 Å². The maximum atomic E-state index is 6.47. The lowest BCUT2D eigenvalue weighted by atomic mass is 9.97. The fraction of sp³-hybridized carbons (Fsp3) is 0.600. The fourth-order valence-electron chi connectivity index (χ4n) is 2.55. The van der Waals surface area contributed by atoms with E-state index in [1.165, 1.54) is 23.3 Å². The molecule has 0 spiro atoms. The molecular formula is C15H24N2S. The van der Waals surface area contributed by atoms with Crippen LogP contribution in [0.15, 0.2) is 24.3 Å². The van der Waals surface area contributed by atoms with Crippen molar-refractivity contribution in [1.29, 1.82) is 0 Å². The van der Waals surface area contributed by atoms with Crippen molar-refractivity contribution in [3.63, 3.8) is 0 Å². The van der Waals surface area contributed by atoms with Gasteiger partial charge in [-0.2, -0.15) is 11.8 Å². The van der Waals surface area contributed by atoms with Crippen LogP contribution in [-0.2, 0) is 6.42 Å². The molecule has 2 nitrogen and oxygen atoms in total. The Kier molecular flexibility index (Phi) is 5.10. The molecule has 1 aliphatic rings. The molecule has 1 aromatic carbocycles. The summed E-state index contributed by atoms with van der Waals surface area (Å²) in [6.45, 7) is 3.37. The predicted molar refractivity (Wildman–Crippen MR) is 81.1 cm³/mol. The van der Waals surface area contributed by atoms with Gasteiger partial charge in [-0.05, 0) is 24.6 Å². The van der Waals surface area contributed by atoms with Crippen LogP contribution in [0.5, 0.6) is 0 Å². The van der Waals surface area contributed by atoms with Crippen molar-refractivity contribution in [2.24, 2.45) is 5.73 Å². The van der Waals surface area contributed by atoms with Crippen LogP contribution in [0.3, 0.4) is 0 Å². The zero-order valence-corrected chi connectivity index (χ0v) is 12.2. The van der Waals surface area contributed by atoms with Crippen LogP contribution in [0.1, 0.15) is 30.5 Å². The Morgan fingerprint density at radius 1 is 1.50 bits per heavy atom. The summed E-state index contributed by atoms with van der Waals surface area (Å²) in [5, 5.41) is 0. The first-order valence-electron chi connectivity index (χ1n) is 6.84. The van der Waals surface area contributed by atoms with E-state index in [1.54, 1.807) is 0 Å². The minimum Gasteiger partial charge on any atom is -0.323 e. The number of benzene rings is 1. The maximum absolute atomic E-state index is 6.47.